The predicted molar refractivity (Wildman–Crippen MR) is 89.4 cm³/mol. The molecule has 0 aromatic rings. The first-order valence-electron chi connectivity index (χ1n) is 7.81. The van der Waals surface area contributed by atoms with Crippen molar-refractivity contribution in [3.05, 3.63) is 22.8 Å². The highest BCUT2D eigenvalue weighted by molar-refractivity contribution is 5.66. The van der Waals surface area contributed by atoms with E-state index < -0.39 is 0 Å². The lowest BCUT2D eigenvalue weighted by Gasteiger charge is -2.36. The second-order valence-electron chi connectivity index (χ2n) is 6.62. The molecule has 0 heterocycles. The summed E-state index contributed by atoms with van der Waals surface area (Å²) in [5.41, 5.74) is 2.99. The molecule has 1 aliphatic carbocycles. The summed E-state index contributed by atoms with van der Waals surface area (Å²) in [6.07, 6.45) is 3.21. The van der Waals surface area contributed by atoms with Crippen LogP contribution in [-0.4, -0.2) is 24.6 Å². The first-order chi connectivity index (χ1) is 10.6. The maximum Gasteiger partial charge on any atom is 0.302 e. The number of allylic oxidation sites excluding steroid dienone is 2. The molecular formula is C19H26O4. The number of rotatable bonds is 3. The number of hydrogen-bond donors (Lipinski definition) is 0. The molecular weight excluding hydrogens is 292 g/mol. The van der Waals surface area contributed by atoms with Crippen LogP contribution >= 0.6 is 0 Å². The Morgan fingerprint density at radius 3 is 2.43 bits per heavy atom. The van der Waals surface area contributed by atoms with Crippen molar-refractivity contribution in [2.75, 3.05) is 6.61 Å². The minimum absolute atomic E-state index is 0.0753. The Morgan fingerprint density at radius 2 is 1.91 bits per heavy atom. The Morgan fingerprint density at radius 1 is 1.26 bits per heavy atom. The van der Waals surface area contributed by atoms with E-state index in [0.717, 1.165) is 29.6 Å². The summed E-state index contributed by atoms with van der Waals surface area (Å²) >= 11 is 0. The largest absolute Gasteiger partial charge is 0.462 e. The van der Waals surface area contributed by atoms with Crippen LogP contribution in [0.15, 0.2) is 22.8 Å². The molecule has 1 aliphatic rings. The lowest BCUT2D eigenvalue weighted by Crippen LogP contribution is -2.31. The van der Waals surface area contributed by atoms with E-state index in [9.17, 15) is 9.59 Å². The van der Waals surface area contributed by atoms with Gasteiger partial charge in [-0.15, -0.1) is 0 Å². The Balaban J connectivity index is 2.88. The van der Waals surface area contributed by atoms with Gasteiger partial charge in [0.2, 0.25) is 0 Å². The van der Waals surface area contributed by atoms with Crippen LogP contribution in [0.2, 0.25) is 0 Å². The number of ether oxygens (including phenoxy) is 2. The summed E-state index contributed by atoms with van der Waals surface area (Å²) in [5.74, 6) is 5.84. The van der Waals surface area contributed by atoms with Crippen molar-refractivity contribution in [3.8, 4) is 11.8 Å². The molecule has 0 aromatic heterocycles. The molecule has 0 fully saturated rings. The molecule has 0 amide bonds. The van der Waals surface area contributed by atoms with Crippen molar-refractivity contribution in [3.63, 3.8) is 0 Å². The minimum atomic E-state index is -0.300. The number of esters is 2. The van der Waals surface area contributed by atoms with Gasteiger partial charge in [0.15, 0.2) is 0 Å². The molecule has 0 aromatic carbocycles. The molecule has 4 nitrogen and oxygen atoms in total. The number of carbonyl (C=O) groups is 2. The van der Waals surface area contributed by atoms with Gasteiger partial charge in [0, 0.05) is 31.3 Å². The second kappa shape index (κ2) is 8.01. The van der Waals surface area contributed by atoms with Gasteiger partial charge in [-0.05, 0) is 31.9 Å². The zero-order chi connectivity index (χ0) is 17.6. The van der Waals surface area contributed by atoms with Gasteiger partial charge in [-0.3, -0.25) is 9.59 Å². The fourth-order valence-corrected chi connectivity index (χ4v) is 2.85. The number of carbonyl (C=O) groups excluding carboxylic acids is 2. The van der Waals surface area contributed by atoms with Crippen LogP contribution < -0.4 is 0 Å². The minimum Gasteiger partial charge on any atom is -0.462 e. The van der Waals surface area contributed by atoms with Gasteiger partial charge in [-0.25, -0.2) is 0 Å². The topological polar surface area (TPSA) is 52.6 Å². The molecule has 4 heteroatoms. The lowest BCUT2D eigenvalue weighted by molar-refractivity contribution is -0.147. The fraction of sp³-hybridized carbons (Fsp3) is 0.579. The first-order valence-corrected chi connectivity index (χ1v) is 7.81. The third-order valence-electron chi connectivity index (χ3n) is 3.77. The molecule has 0 N–H and O–H groups in total. The summed E-state index contributed by atoms with van der Waals surface area (Å²) in [5, 5.41) is 0. The summed E-state index contributed by atoms with van der Waals surface area (Å²) < 4.78 is 10.2. The van der Waals surface area contributed by atoms with E-state index in [4.69, 9.17) is 9.47 Å². The number of hydrogen-bond acceptors (Lipinski definition) is 4. The van der Waals surface area contributed by atoms with Gasteiger partial charge in [0.25, 0.3) is 0 Å². The Kier molecular flexibility index (Phi) is 6.62. The van der Waals surface area contributed by atoms with E-state index in [1.54, 1.807) is 6.08 Å². The maximum absolute atomic E-state index is 11.2. The molecule has 0 saturated heterocycles. The van der Waals surface area contributed by atoms with Gasteiger partial charge in [-0.2, -0.15) is 0 Å². The molecule has 1 unspecified atom stereocenters. The quantitative estimate of drug-likeness (QED) is 0.590. The summed E-state index contributed by atoms with van der Waals surface area (Å²) in [6, 6.07) is 0. The van der Waals surface area contributed by atoms with Gasteiger partial charge in [-0.1, -0.05) is 31.3 Å². The van der Waals surface area contributed by atoms with E-state index in [1.807, 2.05) is 13.8 Å². The molecule has 1 atom stereocenters. The van der Waals surface area contributed by atoms with Crippen LogP contribution in [-0.2, 0) is 19.1 Å². The average molecular weight is 318 g/mol. The average Bonchev–Trinajstić information content (AvgIpc) is 2.35. The van der Waals surface area contributed by atoms with Crippen molar-refractivity contribution >= 4 is 11.9 Å². The van der Waals surface area contributed by atoms with Crippen molar-refractivity contribution in [2.24, 2.45) is 5.41 Å². The van der Waals surface area contributed by atoms with E-state index in [0.29, 0.717) is 0 Å². The van der Waals surface area contributed by atoms with Gasteiger partial charge >= 0.3 is 11.9 Å². The van der Waals surface area contributed by atoms with E-state index in [1.165, 1.54) is 13.8 Å². The third kappa shape index (κ3) is 6.32. The standard InChI is InChI=1S/C19H26O4/c1-13(9-10-22-15(3)20)7-8-18-14(2)11-17(23-16(4)21)12-19(18,5)6/h9,17H,10-12H2,1-6H3. The van der Waals surface area contributed by atoms with Crippen LogP contribution in [0.25, 0.3) is 0 Å². The van der Waals surface area contributed by atoms with Crippen molar-refractivity contribution in [1.29, 1.82) is 0 Å². The monoisotopic (exact) mass is 318 g/mol. The summed E-state index contributed by atoms with van der Waals surface area (Å²) in [7, 11) is 0. The molecule has 0 saturated carbocycles. The zero-order valence-corrected chi connectivity index (χ0v) is 14.9. The first kappa shape index (κ1) is 19.0. The predicted octanol–water partition coefficient (Wildman–Crippen LogP) is 3.57. The Hall–Kier alpha value is -2.02. The van der Waals surface area contributed by atoms with Crippen LogP contribution in [0.5, 0.6) is 0 Å². The zero-order valence-electron chi connectivity index (χ0n) is 14.9. The molecule has 1 rings (SSSR count). The van der Waals surface area contributed by atoms with E-state index in [-0.39, 0.29) is 30.1 Å². The maximum atomic E-state index is 11.2. The molecule has 0 aliphatic heterocycles. The van der Waals surface area contributed by atoms with E-state index >= 15 is 0 Å². The van der Waals surface area contributed by atoms with Crippen molar-refractivity contribution in [1.82, 2.24) is 0 Å². The highest BCUT2D eigenvalue weighted by Crippen LogP contribution is 2.40. The second-order valence-corrected chi connectivity index (χ2v) is 6.62. The van der Waals surface area contributed by atoms with Crippen LogP contribution in [0.1, 0.15) is 54.4 Å². The normalized spacial score (nSPS) is 20.4. The fourth-order valence-electron chi connectivity index (χ4n) is 2.85. The summed E-state index contributed by atoms with van der Waals surface area (Å²) in [6.45, 7) is 11.2. The molecule has 23 heavy (non-hydrogen) atoms. The highest BCUT2D eigenvalue weighted by Gasteiger charge is 2.34. The molecule has 0 bridgehead atoms. The lowest BCUT2D eigenvalue weighted by atomic mass is 9.72. The molecule has 126 valence electrons. The van der Waals surface area contributed by atoms with Gasteiger partial charge in [0.1, 0.15) is 12.7 Å². The SMILES string of the molecule is CC(=O)OCC=C(C)C#CC1=C(C)CC(OC(C)=O)CC1(C)C. The van der Waals surface area contributed by atoms with Crippen molar-refractivity contribution in [2.45, 2.75) is 60.5 Å². The highest BCUT2D eigenvalue weighted by atomic mass is 16.5. The summed E-state index contributed by atoms with van der Waals surface area (Å²) in [4.78, 5) is 21.9. The van der Waals surface area contributed by atoms with Crippen LogP contribution in [0.4, 0.5) is 0 Å². The molecule has 0 radical (unpaired) electrons. The van der Waals surface area contributed by atoms with E-state index in [2.05, 4.69) is 25.7 Å². The Labute approximate surface area is 138 Å². The smallest absolute Gasteiger partial charge is 0.302 e. The van der Waals surface area contributed by atoms with Gasteiger partial charge < -0.3 is 9.47 Å². The van der Waals surface area contributed by atoms with Crippen LogP contribution in [0, 0.1) is 17.3 Å². The van der Waals surface area contributed by atoms with Crippen molar-refractivity contribution < 1.29 is 19.1 Å². The third-order valence-corrected chi connectivity index (χ3v) is 3.77. The van der Waals surface area contributed by atoms with Gasteiger partial charge in [0.05, 0.1) is 0 Å². The van der Waals surface area contributed by atoms with Crippen LogP contribution in [0.3, 0.4) is 0 Å². The molecule has 0 spiro atoms. The Bertz CT molecular complexity index is 597.